The molecule has 1 N–H and O–H groups in total. The standard InChI is InChI=1S/C22H23N3OS/c1-15(2)16(3)24-25-22(26)19-11-9-17(10-12-19)14-27-20-8-4-6-18-7-5-13-23-21(18)20/h4-13,15H,14H2,1-3H3,(H,25,26). The van der Waals surface area contributed by atoms with E-state index in [1.807, 2.05) is 57.3 Å². The smallest absolute Gasteiger partial charge is 0.267 e. The molecule has 2 aromatic carbocycles. The number of carbonyl (C=O) groups is 1. The third-order valence-electron chi connectivity index (χ3n) is 4.38. The average Bonchev–Trinajstić information content (AvgIpc) is 2.70. The minimum absolute atomic E-state index is 0.188. The Kier molecular flexibility index (Phi) is 6.24. The molecule has 0 fully saturated rings. The van der Waals surface area contributed by atoms with E-state index >= 15 is 0 Å². The van der Waals surface area contributed by atoms with E-state index in [2.05, 4.69) is 39.8 Å². The van der Waals surface area contributed by atoms with Crippen LogP contribution in [0.25, 0.3) is 10.9 Å². The predicted molar refractivity (Wildman–Crippen MR) is 113 cm³/mol. The van der Waals surface area contributed by atoms with Gasteiger partial charge in [-0.3, -0.25) is 9.78 Å². The van der Waals surface area contributed by atoms with Crippen LogP contribution in [0, 0.1) is 5.92 Å². The topological polar surface area (TPSA) is 54.4 Å². The molecule has 1 amide bonds. The first-order valence-electron chi connectivity index (χ1n) is 8.94. The van der Waals surface area contributed by atoms with Crippen molar-refractivity contribution in [2.24, 2.45) is 11.0 Å². The van der Waals surface area contributed by atoms with Gasteiger partial charge in [0.1, 0.15) is 0 Å². The number of fused-ring (bicyclic) bond motifs is 1. The largest absolute Gasteiger partial charge is 0.271 e. The van der Waals surface area contributed by atoms with Gasteiger partial charge >= 0.3 is 0 Å². The lowest BCUT2D eigenvalue weighted by Crippen LogP contribution is -2.20. The van der Waals surface area contributed by atoms with E-state index in [4.69, 9.17) is 0 Å². The highest BCUT2D eigenvalue weighted by Crippen LogP contribution is 2.28. The fourth-order valence-electron chi connectivity index (χ4n) is 2.44. The van der Waals surface area contributed by atoms with Crippen molar-refractivity contribution < 1.29 is 4.79 Å². The summed E-state index contributed by atoms with van der Waals surface area (Å²) in [6.07, 6.45) is 1.82. The van der Waals surface area contributed by atoms with Crippen LogP contribution in [0.1, 0.15) is 36.7 Å². The second kappa shape index (κ2) is 8.82. The van der Waals surface area contributed by atoms with E-state index in [1.54, 1.807) is 11.8 Å². The SMILES string of the molecule is CC(=NNC(=O)c1ccc(CSc2cccc3cccnc23)cc1)C(C)C. The molecule has 0 radical (unpaired) electrons. The van der Waals surface area contributed by atoms with E-state index < -0.39 is 0 Å². The Hall–Kier alpha value is -2.66. The van der Waals surface area contributed by atoms with Crippen molar-refractivity contribution in [2.75, 3.05) is 0 Å². The van der Waals surface area contributed by atoms with Crippen LogP contribution in [0.4, 0.5) is 0 Å². The van der Waals surface area contributed by atoms with Gasteiger partial charge in [-0.15, -0.1) is 11.8 Å². The van der Waals surface area contributed by atoms with Crippen LogP contribution in [0.3, 0.4) is 0 Å². The summed E-state index contributed by atoms with van der Waals surface area (Å²) in [5.74, 6) is 0.947. The highest BCUT2D eigenvalue weighted by atomic mass is 32.2. The predicted octanol–water partition coefficient (Wildman–Crippen LogP) is 5.29. The summed E-state index contributed by atoms with van der Waals surface area (Å²) in [4.78, 5) is 17.8. The van der Waals surface area contributed by atoms with Crippen LogP contribution >= 0.6 is 11.8 Å². The molecule has 0 aliphatic carbocycles. The minimum Gasteiger partial charge on any atom is -0.267 e. The van der Waals surface area contributed by atoms with Crippen LogP contribution in [-0.4, -0.2) is 16.6 Å². The second-order valence-corrected chi connectivity index (χ2v) is 7.68. The molecular weight excluding hydrogens is 354 g/mol. The Labute approximate surface area is 164 Å². The van der Waals surface area contributed by atoms with Gasteiger partial charge in [-0.25, -0.2) is 5.43 Å². The Morgan fingerprint density at radius 2 is 1.85 bits per heavy atom. The van der Waals surface area contributed by atoms with Crippen molar-refractivity contribution in [3.05, 3.63) is 71.9 Å². The van der Waals surface area contributed by atoms with Gasteiger partial charge < -0.3 is 0 Å². The number of thioether (sulfide) groups is 1. The zero-order valence-corrected chi connectivity index (χ0v) is 16.6. The van der Waals surface area contributed by atoms with Crippen LogP contribution < -0.4 is 5.43 Å². The van der Waals surface area contributed by atoms with Gasteiger partial charge in [0, 0.05) is 33.5 Å². The summed E-state index contributed by atoms with van der Waals surface area (Å²) < 4.78 is 0. The molecule has 0 aliphatic heterocycles. The van der Waals surface area contributed by atoms with Crippen LogP contribution in [0.5, 0.6) is 0 Å². The maximum atomic E-state index is 12.2. The van der Waals surface area contributed by atoms with E-state index in [0.29, 0.717) is 11.5 Å². The Balaban J connectivity index is 1.64. The molecule has 1 aromatic heterocycles. The average molecular weight is 378 g/mol. The van der Waals surface area contributed by atoms with Crippen molar-refractivity contribution in [2.45, 2.75) is 31.4 Å². The maximum absolute atomic E-state index is 12.2. The monoisotopic (exact) mass is 377 g/mol. The summed E-state index contributed by atoms with van der Waals surface area (Å²) in [6, 6.07) is 17.9. The Morgan fingerprint density at radius 1 is 1.11 bits per heavy atom. The minimum atomic E-state index is -0.188. The molecule has 3 rings (SSSR count). The molecule has 5 heteroatoms. The summed E-state index contributed by atoms with van der Waals surface area (Å²) >= 11 is 1.75. The quantitative estimate of drug-likeness (QED) is 0.361. The Bertz CT molecular complexity index is 959. The van der Waals surface area contributed by atoms with E-state index in [1.165, 1.54) is 0 Å². The molecule has 0 aliphatic rings. The maximum Gasteiger partial charge on any atom is 0.271 e. The number of para-hydroxylation sites is 1. The number of hydrogen-bond acceptors (Lipinski definition) is 4. The first-order valence-corrected chi connectivity index (χ1v) is 9.93. The highest BCUT2D eigenvalue weighted by Gasteiger charge is 2.07. The van der Waals surface area contributed by atoms with E-state index in [9.17, 15) is 4.79 Å². The number of aromatic nitrogens is 1. The first-order chi connectivity index (χ1) is 13.0. The molecule has 0 saturated heterocycles. The van der Waals surface area contributed by atoms with Crippen LogP contribution in [0.2, 0.25) is 0 Å². The van der Waals surface area contributed by atoms with Crippen molar-refractivity contribution in [1.82, 2.24) is 10.4 Å². The number of carbonyl (C=O) groups excluding carboxylic acids is 1. The van der Waals surface area contributed by atoms with Gasteiger partial charge in [0.25, 0.3) is 5.91 Å². The molecule has 3 aromatic rings. The van der Waals surface area contributed by atoms with Crippen molar-refractivity contribution in [3.8, 4) is 0 Å². The number of nitrogens with one attached hydrogen (secondary N) is 1. The summed E-state index contributed by atoms with van der Waals surface area (Å²) in [5, 5.41) is 5.28. The summed E-state index contributed by atoms with van der Waals surface area (Å²) in [7, 11) is 0. The van der Waals surface area contributed by atoms with E-state index in [-0.39, 0.29) is 5.91 Å². The molecule has 27 heavy (non-hydrogen) atoms. The number of hydrazone groups is 1. The normalized spacial score (nSPS) is 11.8. The van der Waals surface area contributed by atoms with Crippen molar-refractivity contribution >= 4 is 34.3 Å². The van der Waals surface area contributed by atoms with Gasteiger partial charge in [-0.1, -0.05) is 44.2 Å². The second-order valence-electron chi connectivity index (χ2n) is 6.67. The lowest BCUT2D eigenvalue weighted by molar-refractivity contribution is 0.0954. The van der Waals surface area contributed by atoms with Crippen LogP contribution in [0.15, 0.2) is 70.8 Å². The molecule has 0 bridgehead atoms. The number of nitrogens with zero attached hydrogens (tertiary/aromatic N) is 2. The summed E-state index contributed by atoms with van der Waals surface area (Å²) in [5.41, 5.74) is 6.31. The third-order valence-corrected chi connectivity index (χ3v) is 5.49. The van der Waals surface area contributed by atoms with Crippen molar-refractivity contribution in [1.29, 1.82) is 0 Å². The van der Waals surface area contributed by atoms with Crippen LogP contribution in [-0.2, 0) is 5.75 Å². The van der Waals surface area contributed by atoms with Gasteiger partial charge in [0.2, 0.25) is 0 Å². The zero-order chi connectivity index (χ0) is 19.2. The molecule has 0 atom stereocenters. The molecule has 4 nitrogen and oxygen atoms in total. The van der Waals surface area contributed by atoms with Gasteiger partial charge in [0.05, 0.1) is 5.52 Å². The van der Waals surface area contributed by atoms with Gasteiger partial charge in [0.15, 0.2) is 0 Å². The molecule has 0 saturated carbocycles. The van der Waals surface area contributed by atoms with Gasteiger partial charge in [-0.05, 0) is 42.7 Å². The molecule has 138 valence electrons. The number of amides is 1. The third kappa shape index (κ3) is 4.95. The highest BCUT2D eigenvalue weighted by molar-refractivity contribution is 7.98. The zero-order valence-electron chi connectivity index (χ0n) is 15.8. The fraction of sp³-hybridized carbons (Fsp3) is 0.227. The molecular formula is C22H23N3OS. The summed E-state index contributed by atoms with van der Waals surface area (Å²) in [6.45, 7) is 6.00. The first kappa shape index (κ1) is 19.1. The number of rotatable bonds is 6. The fourth-order valence-corrected chi connectivity index (χ4v) is 3.44. The lowest BCUT2D eigenvalue weighted by atomic mass is 10.1. The number of benzene rings is 2. The van der Waals surface area contributed by atoms with Crippen molar-refractivity contribution in [3.63, 3.8) is 0 Å². The molecule has 1 heterocycles. The number of hydrogen-bond donors (Lipinski definition) is 1. The molecule has 0 unspecified atom stereocenters. The molecule has 0 spiro atoms. The number of pyridine rings is 1. The Morgan fingerprint density at radius 3 is 2.59 bits per heavy atom. The lowest BCUT2D eigenvalue weighted by Gasteiger charge is -2.07. The van der Waals surface area contributed by atoms with E-state index in [0.717, 1.165) is 32.8 Å². The van der Waals surface area contributed by atoms with Gasteiger partial charge in [-0.2, -0.15) is 5.10 Å².